The van der Waals surface area contributed by atoms with E-state index in [-0.39, 0.29) is 11.9 Å². The first-order valence-corrected chi connectivity index (χ1v) is 13.5. The number of aromatic nitrogens is 4. The molecule has 6 nitrogen and oxygen atoms in total. The summed E-state index contributed by atoms with van der Waals surface area (Å²) < 4.78 is 15.3. The molecular formula is C30H27FN6. The van der Waals surface area contributed by atoms with Crippen molar-refractivity contribution in [3.8, 4) is 22.4 Å². The third-order valence-corrected chi connectivity index (χ3v) is 9.09. The molecule has 37 heavy (non-hydrogen) atoms. The van der Waals surface area contributed by atoms with Gasteiger partial charge in [0.2, 0.25) is 0 Å². The zero-order chi connectivity index (χ0) is 24.2. The normalized spacial score (nSPS) is 29.6. The van der Waals surface area contributed by atoms with Crippen LogP contribution in [0.25, 0.3) is 44.2 Å². The number of imidazole rings is 2. The van der Waals surface area contributed by atoms with Crippen LogP contribution < -0.4 is 10.6 Å². The van der Waals surface area contributed by atoms with Crippen molar-refractivity contribution in [1.29, 1.82) is 0 Å². The van der Waals surface area contributed by atoms with Crippen molar-refractivity contribution in [2.24, 2.45) is 11.8 Å². The van der Waals surface area contributed by atoms with Gasteiger partial charge < -0.3 is 20.6 Å². The number of nitrogens with zero attached hydrogens (tertiary/aromatic N) is 2. The maximum Gasteiger partial charge on any atom is 0.133 e. The maximum absolute atomic E-state index is 15.3. The van der Waals surface area contributed by atoms with Crippen molar-refractivity contribution in [1.82, 2.24) is 30.6 Å². The number of benzene rings is 3. The Labute approximate surface area is 213 Å². The topological polar surface area (TPSA) is 81.4 Å². The monoisotopic (exact) mass is 490 g/mol. The zero-order valence-electron chi connectivity index (χ0n) is 20.3. The lowest BCUT2D eigenvalue weighted by Gasteiger charge is -2.10. The van der Waals surface area contributed by atoms with Crippen molar-refractivity contribution in [2.75, 3.05) is 0 Å². The van der Waals surface area contributed by atoms with E-state index in [2.05, 4.69) is 55.9 Å². The van der Waals surface area contributed by atoms with E-state index in [1.54, 1.807) is 12.3 Å². The summed E-state index contributed by atoms with van der Waals surface area (Å²) in [5, 5.41) is 9.51. The minimum atomic E-state index is -0.246. The van der Waals surface area contributed by atoms with Gasteiger partial charge in [-0.15, -0.1) is 0 Å². The van der Waals surface area contributed by atoms with Crippen LogP contribution in [-0.2, 0) is 0 Å². The van der Waals surface area contributed by atoms with Gasteiger partial charge in [-0.05, 0) is 78.3 Å². The fourth-order valence-corrected chi connectivity index (χ4v) is 6.79. The third kappa shape index (κ3) is 3.23. The molecule has 184 valence electrons. The molecule has 4 heterocycles. The zero-order valence-corrected chi connectivity index (χ0v) is 20.3. The number of halogens is 1. The first kappa shape index (κ1) is 20.5. The molecule has 0 radical (unpaired) electrons. The molecule has 4 fully saturated rings. The summed E-state index contributed by atoms with van der Waals surface area (Å²) in [6.45, 7) is 0. The summed E-state index contributed by atoms with van der Waals surface area (Å²) in [4.78, 5) is 16.4. The molecule has 2 saturated heterocycles. The Kier molecular flexibility index (Phi) is 4.03. The number of piperidine rings is 2. The molecule has 4 aliphatic rings. The van der Waals surface area contributed by atoms with Gasteiger partial charge in [0.1, 0.15) is 17.5 Å². The molecule has 2 aromatic heterocycles. The van der Waals surface area contributed by atoms with Gasteiger partial charge in [0.05, 0.1) is 35.0 Å². The lowest BCUT2D eigenvalue weighted by atomic mass is 9.99. The van der Waals surface area contributed by atoms with Crippen LogP contribution in [0.15, 0.2) is 54.7 Å². The van der Waals surface area contributed by atoms with Gasteiger partial charge >= 0.3 is 0 Å². The number of hydrogen-bond acceptors (Lipinski definition) is 4. The van der Waals surface area contributed by atoms with Crippen molar-refractivity contribution in [3.63, 3.8) is 0 Å². The summed E-state index contributed by atoms with van der Waals surface area (Å²) in [5.41, 5.74) is 5.20. The van der Waals surface area contributed by atoms with Crippen LogP contribution in [-0.4, -0.2) is 32.0 Å². The van der Waals surface area contributed by atoms with Gasteiger partial charge in [-0.25, -0.2) is 14.4 Å². The first-order valence-electron chi connectivity index (χ1n) is 13.5. The highest BCUT2D eigenvalue weighted by Crippen LogP contribution is 2.46. The molecule has 6 atom stereocenters. The van der Waals surface area contributed by atoms with Gasteiger partial charge in [-0.1, -0.05) is 24.3 Å². The Hall–Kier alpha value is -3.55. The number of hydrogen-bond donors (Lipinski definition) is 4. The average Bonchev–Trinajstić information content (AvgIpc) is 3.50. The van der Waals surface area contributed by atoms with E-state index in [0.29, 0.717) is 23.7 Å². The highest BCUT2D eigenvalue weighted by molar-refractivity contribution is 6.05. The second-order valence-electron chi connectivity index (χ2n) is 11.5. The molecule has 0 bridgehead atoms. The highest BCUT2D eigenvalue weighted by Gasteiger charge is 2.47. The summed E-state index contributed by atoms with van der Waals surface area (Å²) in [5.74, 6) is 3.32. The minimum Gasteiger partial charge on any atom is -0.341 e. The van der Waals surface area contributed by atoms with Gasteiger partial charge in [0, 0.05) is 23.0 Å². The average molecular weight is 491 g/mol. The summed E-state index contributed by atoms with van der Waals surface area (Å²) >= 11 is 0. The largest absolute Gasteiger partial charge is 0.341 e. The van der Waals surface area contributed by atoms with Gasteiger partial charge in [-0.2, -0.15) is 0 Å². The third-order valence-electron chi connectivity index (χ3n) is 9.09. The second-order valence-corrected chi connectivity index (χ2v) is 11.5. The van der Waals surface area contributed by atoms with E-state index >= 15 is 4.39 Å². The SMILES string of the molecule is Fc1cc(-c2ccc3c(ccc4[nH]c([C@@H]5CC6CC6N5)nc43)c2)ccc1-c1cnc([C@@H]2CC3C[C@H]3N2)[nH]1. The van der Waals surface area contributed by atoms with Gasteiger partial charge in [-0.3, -0.25) is 0 Å². The number of aromatic amines is 2. The Morgan fingerprint density at radius 3 is 2.27 bits per heavy atom. The van der Waals surface area contributed by atoms with E-state index in [0.717, 1.165) is 68.5 Å². The molecule has 3 aromatic carbocycles. The molecule has 2 aliphatic heterocycles. The molecule has 3 unspecified atom stereocenters. The summed E-state index contributed by atoms with van der Waals surface area (Å²) in [6.07, 6.45) is 6.63. The van der Waals surface area contributed by atoms with Crippen molar-refractivity contribution < 1.29 is 4.39 Å². The number of nitrogens with one attached hydrogen (secondary N) is 4. The minimum absolute atomic E-state index is 0.246. The quantitative estimate of drug-likeness (QED) is 0.258. The molecule has 7 heteroatoms. The number of fused-ring (bicyclic) bond motifs is 5. The van der Waals surface area contributed by atoms with Gasteiger partial charge in [0.15, 0.2) is 0 Å². The standard InChI is InChI=1S/C30H27FN6/c31-21-8-15(2-5-20(21)27-13-32-29(36-27)25-11-17-9-23(17)33-25)14-1-4-19-16(7-14)3-6-22-28(19)37-30(35-22)26-12-18-10-24(18)34-26/h1-8,13,17-18,23-26,33-34H,9-12H2,(H,32,36)(H,35,37)/t17?,18?,23-,24?,25+,26+/m1/s1. The van der Waals surface area contributed by atoms with Crippen LogP contribution in [0.1, 0.15) is 49.4 Å². The molecular weight excluding hydrogens is 463 g/mol. The molecule has 4 N–H and O–H groups in total. The Morgan fingerprint density at radius 2 is 1.51 bits per heavy atom. The van der Waals surface area contributed by atoms with E-state index < -0.39 is 0 Å². The molecule has 5 aromatic rings. The summed E-state index contributed by atoms with van der Waals surface area (Å²) in [6, 6.07) is 18.0. The predicted octanol–water partition coefficient (Wildman–Crippen LogP) is 5.76. The summed E-state index contributed by atoms with van der Waals surface area (Å²) in [7, 11) is 0. The lowest BCUT2D eigenvalue weighted by Crippen LogP contribution is -2.18. The van der Waals surface area contributed by atoms with Crippen molar-refractivity contribution in [2.45, 2.75) is 49.9 Å². The maximum atomic E-state index is 15.3. The molecule has 9 rings (SSSR count). The highest BCUT2D eigenvalue weighted by atomic mass is 19.1. The smallest absolute Gasteiger partial charge is 0.133 e. The van der Waals surface area contributed by atoms with Crippen LogP contribution in [0.2, 0.25) is 0 Å². The fraction of sp³-hybridized carbons (Fsp3) is 0.333. The van der Waals surface area contributed by atoms with E-state index in [9.17, 15) is 0 Å². The van der Waals surface area contributed by atoms with E-state index in [4.69, 9.17) is 4.98 Å². The Balaban J connectivity index is 1.02. The Bertz CT molecular complexity index is 1700. The van der Waals surface area contributed by atoms with Crippen LogP contribution in [0.4, 0.5) is 4.39 Å². The van der Waals surface area contributed by atoms with Crippen LogP contribution in [0.3, 0.4) is 0 Å². The first-order chi connectivity index (χ1) is 18.2. The lowest BCUT2D eigenvalue weighted by molar-refractivity contribution is 0.543. The molecule has 2 aliphatic carbocycles. The van der Waals surface area contributed by atoms with Crippen molar-refractivity contribution in [3.05, 3.63) is 72.2 Å². The molecule has 2 saturated carbocycles. The Morgan fingerprint density at radius 1 is 0.757 bits per heavy atom. The molecule has 0 amide bonds. The van der Waals surface area contributed by atoms with Crippen LogP contribution >= 0.6 is 0 Å². The van der Waals surface area contributed by atoms with Crippen LogP contribution in [0.5, 0.6) is 0 Å². The van der Waals surface area contributed by atoms with Crippen molar-refractivity contribution >= 4 is 21.8 Å². The van der Waals surface area contributed by atoms with E-state index in [1.807, 2.05) is 12.1 Å². The number of H-pyrrole nitrogens is 2. The van der Waals surface area contributed by atoms with E-state index in [1.165, 1.54) is 19.3 Å². The second kappa shape index (κ2) is 7.27. The molecule has 0 spiro atoms. The van der Waals surface area contributed by atoms with Gasteiger partial charge in [0.25, 0.3) is 0 Å². The number of rotatable bonds is 4. The fourth-order valence-electron chi connectivity index (χ4n) is 6.79. The predicted molar refractivity (Wildman–Crippen MR) is 141 cm³/mol. The van der Waals surface area contributed by atoms with Crippen LogP contribution in [0, 0.1) is 17.7 Å².